The summed E-state index contributed by atoms with van der Waals surface area (Å²) in [7, 11) is 1.67. The van der Waals surface area contributed by atoms with E-state index >= 15 is 0 Å². The van der Waals surface area contributed by atoms with Gasteiger partial charge in [0.05, 0.1) is 6.10 Å². The van der Waals surface area contributed by atoms with Crippen molar-refractivity contribution >= 4 is 0 Å². The Labute approximate surface area is 96.8 Å². The molecular formula is C13H20FNO. The van der Waals surface area contributed by atoms with Gasteiger partial charge < -0.3 is 10.1 Å². The Hall–Kier alpha value is -0.930. The molecule has 0 fully saturated rings. The Morgan fingerprint density at radius 2 is 1.81 bits per heavy atom. The number of halogens is 1. The highest BCUT2D eigenvalue weighted by molar-refractivity contribution is 5.19. The van der Waals surface area contributed by atoms with Crippen molar-refractivity contribution in [3.63, 3.8) is 0 Å². The second kappa shape index (κ2) is 5.41. The molecule has 0 aromatic heterocycles. The van der Waals surface area contributed by atoms with Crippen LogP contribution in [0.1, 0.15) is 32.4 Å². The van der Waals surface area contributed by atoms with Gasteiger partial charge in [-0.25, -0.2) is 4.39 Å². The minimum atomic E-state index is -0.220. The van der Waals surface area contributed by atoms with E-state index in [1.807, 2.05) is 0 Å². The molecule has 0 aliphatic heterocycles. The average molecular weight is 225 g/mol. The molecule has 16 heavy (non-hydrogen) atoms. The van der Waals surface area contributed by atoms with E-state index < -0.39 is 0 Å². The molecule has 0 heterocycles. The smallest absolute Gasteiger partial charge is 0.123 e. The van der Waals surface area contributed by atoms with Crippen LogP contribution in [0.3, 0.4) is 0 Å². The normalized spacial score (nSPS) is 13.8. The second-order valence-corrected chi connectivity index (χ2v) is 4.91. The molecule has 1 N–H and O–H groups in total. The fourth-order valence-corrected chi connectivity index (χ4v) is 1.41. The zero-order chi connectivity index (χ0) is 12.2. The largest absolute Gasteiger partial charge is 0.375 e. The highest BCUT2D eigenvalue weighted by Gasteiger charge is 2.15. The minimum Gasteiger partial charge on any atom is -0.375 e. The molecule has 1 rings (SSSR count). The van der Waals surface area contributed by atoms with E-state index in [9.17, 15) is 4.39 Å². The summed E-state index contributed by atoms with van der Waals surface area (Å²) in [5.74, 6) is -0.220. The lowest BCUT2D eigenvalue weighted by Gasteiger charge is -2.24. The number of hydrogen-bond acceptors (Lipinski definition) is 2. The van der Waals surface area contributed by atoms with Crippen molar-refractivity contribution in [3.8, 4) is 0 Å². The molecule has 1 aromatic rings. The van der Waals surface area contributed by atoms with Crippen molar-refractivity contribution in [2.24, 2.45) is 0 Å². The predicted octanol–water partition coefficient (Wildman–Crippen LogP) is 2.90. The lowest BCUT2D eigenvalue weighted by molar-refractivity contribution is 0.0959. The molecule has 3 heteroatoms. The summed E-state index contributed by atoms with van der Waals surface area (Å²) in [5.41, 5.74) is 1.04. The number of methoxy groups -OCH3 is 1. The summed E-state index contributed by atoms with van der Waals surface area (Å²) in [4.78, 5) is 0. The van der Waals surface area contributed by atoms with Crippen LogP contribution in [-0.4, -0.2) is 19.2 Å². The maximum absolute atomic E-state index is 12.8. The topological polar surface area (TPSA) is 21.3 Å². The van der Waals surface area contributed by atoms with Crippen LogP contribution in [0.25, 0.3) is 0 Å². The third-order valence-electron chi connectivity index (χ3n) is 2.34. The third kappa shape index (κ3) is 4.29. The molecule has 2 nitrogen and oxygen atoms in total. The van der Waals surface area contributed by atoms with Gasteiger partial charge in [0.25, 0.3) is 0 Å². The molecule has 0 spiro atoms. The number of hydrogen-bond donors (Lipinski definition) is 1. The van der Waals surface area contributed by atoms with Crippen LogP contribution in [0, 0.1) is 5.82 Å². The zero-order valence-electron chi connectivity index (χ0n) is 10.4. The Kier molecular flexibility index (Phi) is 4.44. The fourth-order valence-electron chi connectivity index (χ4n) is 1.41. The van der Waals surface area contributed by atoms with Gasteiger partial charge in [-0.3, -0.25) is 0 Å². The molecule has 90 valence electrons. The van der Waals surface area contributed by atoms with E-state index in [2.05, 4.69) is 26.1 Å². The second-order valence-electron chi connectivity index (χ2n) is 4.91. The summed E-state index contributed by atoms with van der Waals surface area (Å²) in [6.07, 6.45) is -0.0418. The zero-order valence-corrected chi connectivity index (χ0v) is 10.4. The number of rotatable bonds is 4. The van der Waals surface area contributed by atoms with Crippen LogP contribution < -0.4 is 5.32 Å². The van der Waals surface area contributed by atoms with Crippen molar-refractivity contribution in [3.05, 3.63) is 35.6 Å². The van der Waals surface area contributed by atoms with Crippen LogP contribution in [-0.2, 0) is 4.74 Å². The van der Waals surface area contributed by atoms with Crippen LogP contribution in [0.2, 0.25) is 0 Å². The first-order valence-electron chi connectivity index (χ1n) is 5.45. The monoisotopic (exact) mass is 225 g/mol. The summed E-state index contributed by atoms with van der Waals surface area (Å²) in [6, 6.07) is 6.43. The molecular weight excluding hydrogens is 205 g/mol. The van der Waals surface area contributed by atoms with Gasteiger partial charge in [0.15, 0.2) is 0 Å². The summed E-state index contributed by atoms with van der Waals surface area (Å²) >= 11 is 0. The third-order valence-corrected chi connectivity index (χ3v) is 2.34. The predicted molar refractivity (Wildman–Crippen MR) is 63.9 cm³/mol. The Morgan fingerprint density at radius 1 is 1.25 bits per heavy atom. The first kappa shape index (κ1) is 13.1. The lowest BCUT2D eigenvalue weighted by Crippen LogP contribution is -2.38. The van der Waals surface area contributed by atoms with Gasteiger partial charge >= 0.3 is 0 Å². The van der Waals surface area contributed by atoms with E-state index in [1.165, 1.54) is 12.1 Å². The summed E-state index contributed by atoms with van der Waals surface area (Å²) in [6.45, 7) is 7.02. The Bertz CT molecular complexity index is 316. The van der Waals surface area contributed by atoms with E-state index in [-0.39, 0.29) is 17.5 Å². The molecule has 0 bridgehead atoms. The molecule has 0 radical (unpaired) electrons. The molecule has 0 saturated heterocycles. The van der Waals surface area contributed by atoms with Gasteiger partial charge in [0.1, 0.15) is 5.82 Å². The maximum Gasteiger partial charge on any atom is 0.123 e. The van der Waals surface area contributed by atoms with Crippen LogP contribution in [0.4, 0.5) is 4.39 Å². The van der Waals surface area contributed by atoms with Crippen LogP contribution >= 0.6 is 0 Å². The van der Waals surface area contributed by atoms with Gasteiger partial charge in [-0.05, 0) is 38.5 Å². The van der Waals surface area contributed by atoms with Gasteiger partial charge in [-0.2, -0.15) is 0 Å². The number of ether oxygens (including phenoxy) is 1. The standard InChI is InChI=1S/C13H20FNO/c1-13(2,3)15-9-12(16-4)10-5-7-11(14)8-6-10/h5-8,12,15H,9H2,1-4H3. The summed E-state index contributed by atoms with van der Waals surface area (Å²) < 4.78 is 18.2. The minimum absolute atomic E-state index is 0.0418. The fraction of sp³-hybridized carbons (Fsp3) is 0.538. The summed E-state index contributed by atoms with van der Waals surface area (Å²) in [5, 5.41) is 3.37. The van der Waals surface area contributed by atoms with Gasteiger partial charge in [-0.1, -0.05) is 12.1 Å². The SMILES string of the molecule is COC(CNC(C)(C)C)c1ccc(F)cc1. The highest BCUT2D eigenvalue weighted by atomic mass is 19.1. The quantitative estimate of drug-likeness (QED) is 0.850. The molecule has 1 aromatic carbocycles. The lowest BCUT2D eigenvalue weighted by atomic mass is 10.1. The van der Waals surface area contributed by atoms with E-state index in [4.69, 9.17) is 4.74 Å². The van der Waals surface area contributed by atoms with Crippen molar-refractivity contribution in [2.75, 3.05) is 13.7 Å². The first-order chi connectivity index (χ1) is 7.42. The number of nitrogens with one attached hydrogen (secondary N) is 1. The number of benzene rings is 1. The molecule has 0 amide bonds. The molecule has 0 aliphatic rings. The van der Waals surface area contributed by atoms with Gasteiger partial charge in [-0.15, -0.1) is 0 Å². The average Bonchev–Trinajstić information content (AvgIpc) is 2.20. The van der Waals surface area contributed by atoms with Crippen molar-refractivity contribution < 1.29 is 9.13 Å². The van der Waals surface area contributed by atoms with Gasteiger partial charge in [0.2, 0.25) is 0 Å². The van der Waals surface area contributed by atoms with E-state index in [1.54, 1.807) is 19.2 Å². The molecule has 1 atom stereocenters. The Balaban J connectivity index is 2.64. The molecule has 0 aliphatic carbocycles. The first-order valence-corrected chi connectivity index (χ1v) is 5.45. The maximum atomic E-state index is 12.8. The van der Waals surface area contributed by atoms with Crippen molar-refractivity contribution in [1.82, 2.24) is 5.32 Å². The van der Waals surface area contributed by atoms with E-state index in [0.29, 0.717) is 6.54 Å². The van der Waals surface area contributed by atoms with Crippen molar-refractivity contribution in [1.29, 1.82) is 0 Å². The Morgan fingerprint density at radius 3 is 2.25 bits per heavy atom. The van der Waals surface area contributed by atoms with Crippen LogP contribution in [0.5, 0.6) is 0 Å². The van der Waals surface area contributed by atoms with Crippen molar-refractivity contribution in [2.45, 2.75) is 32.4 Å². The highest BCUT2D eigenvalue weighted by Crippen LogP contribution is 2.17. The van der Waals surface area contributed by atoms with E-state index in [0.717, 1.165) is 5.56 Å². The molecule has 0 saturated carbocycles. The molecule has 1 unspecified atom stereocenters. The van der Waals surface area contributed by atoms with Gasteiger partial charge in [0, 0.05) is 19.2 Å². The van der Waals surface area contributed by atoms with Crippen LogP contribution in [0.15, 0.2) is 24.3 Å².